The number of nitrogens with two attached hydrogens (primary N) is 1. The van der Waals surface area contributed by atoms with E-state index < -0.39 is 0 Å². The van der Waals surface area contributed by atoms with Crippen molar-refractivity contribution in [3.05, 3.63) is 23.0 Å². The van der Waals surface area contributed by atoms with E-state index in [1.807, 2.05) is 31.9 Å². The van der Waals surface area contributed by atoms with Gasteiger partial charge in [0.25, 0.3) is 0 Å². The fourth-order valence-electron chi connectivity index (χ4n) is 1.81. The first-order valence-corrected chi connectivity index (χ1v) is 5.72. The van der Waals surface area contributed by atoms with E-state index >= 15 is 0 Å². The average Bonchev–Trinajstić information content (AvgIpc) is 2.35. The number of nitrogens with zero attached hydrogens (tertiary/aromatic N) is 3. The first-order valence-electron chi connectivity index (χ1n) is 5.72. The highest BCUT2D eigenvalue weighted by Crippen LogP contribution is 2.24. The Kier molecular flexibility index (Phi) is 4.49. The fourth-order valence-corrected chi connectivity index (χ4v) is 1.81. The number of likely N-dealkylation sites (N-methyl/N-ethyl adjacent to an activating group) is 1. The molecule has 1 unspecified atom stereocenters. The molecule has 0 aliphatic rings. The van der Waals surface area contributed by atoms with Gasteiger partial charge in [0.15, 0.2) is 5.84 Å². The van der Waals surface area contributed by atoms with Gasteiger partial charge in [-0.2, -0.15) is 0 Å². The van der Waals surface area contributed by atoms with Gasteiger partial charge < -0.3 is 20.9 Å². The number of amidine groups is 1. The number of oxime groups is 1. The van der Waals surface area contributed by atoms with Crippen molar-refractivity contribution in [1.82, 2.24) is 4.98 Å². The van der Waals surface area contributed by atoms with E-state index in [2.05, 4.69) is 10.1 Å². The lowest BCUT2D eigenvalue weighted by atomic mass is 10.1. The van der Waals surface area contributed by atoms with Crippen LogP contribution in [0.3, 0.4) is 0 Å². The average molecular weight is 252 g/mol. The largest absolute Gasteiger partial charge is 0.409 e. The van der Waals surface area contributed by atoms with Crippen LogP contribution in [0.4, 0.5) is 5.69 Å². The van der Waals surface area contributed by atoms with Crippen LogP contribution >= 0.6 is 0 Å². The molecule has 18 heavy (non-hydrogen) atoms. The standard InChI is InChI=1S/C12H20N4O2/c1-7-5-10(16(4)8(2)6-17)11(9(3)14-7)12(13)15-18/h5,8,17-18H,6H2,1-4H3,(H2,13,15). The molecule has 0 bridgehead atoms. The number of aliphatic hydroxyl groups is 1. The summed E-state index contributed by atoms with van der Waals surface area (Å²) in [4.78, 5) is 6.19. The lowest BCUT2D eigenvalue weighted by Crippen LogP contribution is -2.34. The van der Waals surface area contributed by atoms with Crippen LogP contribution in [0.25, 0.3) is 0 Å². The minimum atomic E-state index is -0.0727. The number of pyridine rings is 1. The van der Waals surface area contributed by atoms with E-state index in [4.69, 9.17) is 10.9 Å². The molecule has 1 heterocycles. The molecular weight excluding hydrogens is 232 g/mol. The highest BCUT2D eigenvalue weighted by Gasteiger charge is 2.18. The van der Waals surface area contributed by atoms with Crippen molar-refractivity contribution >= 4 is 11.5 Å². The minimum absolute atomic E-state index is 0.0204. The zero-order chi connectivity index (χ0) is 13.9. The van der Waals surface area contributed by atoms with E-state index in [1.54, 1.807) is 6.92 Å². The molecule has 0 amide bonds. The molecule has 1 atom stereocenters. The zero-order valence-corrected chi connectivity index (χ0v) is 11.2. The first-order chi connectivity index (χ1) is 8.42. The molecule has 1 rings (SSSR count). The van der Waals surface area contributed by atoms with Crippen LogP contribution in [0.5, 0.6) is 0 Å². The molecule has 6 nitrogen and oxygen atoms in total. The molecule has 0 aromatic carbocycles. The molecule has 0 aliphatic carbocycles. The van der Waals surface area contributed by atoms with Gasteiger partial charge in [0, 0.05) is 18.8 Å². The van der Waals surface area contributed by atoms with Gasteiger partial charge in [-0.25, -0.2) is 0 Å². The molecule has 0 aliphatic heterocycles. The second kappa shape index (κ2) is 5.68. The van der Waals surface area contributed by atoms with Crippen LogP contribution in [0.1, 0.15) is 23.9 Å². The van der Waals surface area contributed by atoms with E-state index in [0.29, 0.717) is 11.3 Å². The van der Waals surface area contributed by atoms with E-state index in [-0.39, 0.29) is 18.5 Å². The van der Waals surface area contributed by atoms with Crippen molar-refractivity contribution in [1.29, 1.82) is 0 Å². The van der Waals surface area contributed by atoms with E-state index in [9.17, 15) is 5.11 Å². The maximum atomic E-state index is 9.22. The number of rotatable bonds is 4. The van der Waals surface area contributed by atoms with Gasteiger partial charge in [-0.3, -0.25) is 4.98 Å². The van der Waals surface area contributed by atoms with E-state index in [0.717, 1.165) is 11.4 Å². The molecule has 1 aromatic heterocycles. The Morgan fingerprint density at radius 2 is 2.17 bits per heavy atom. The molecule has 0 fully saturated rings. The molecule has 0 saturated heterocycles. The molecule has 100 valence electrons. The van der Waals surface area contributed by atoms with Crippen LogP contribution < -0.4 is 10.6 Å². The van der Waals surface area contributed by atoms with Gasteiger partial charge in [0.1, 0.15) is 0 Å². The van der Waals surface area contributed by atoms with Crippen molar-refractivity contribution in [2.45, 2.75) is 26.8 Å². The second-order valence-corrected chi connectivity index (χ2v) is 4.37. The Hall–Kier alpha value is -1.82. The lowest BCUT2D eigenvalue weighted by molar-refractivity contribution is 0.270. The number of hydrogen-bond donors (Lipinski definition) is 3. The van der Waals surface area contributed by atoms with Gasteiger partial charge in [0.2, 0.25) is 0 Å². The van der Waals surface area contributed by atoms with Crippen molar-refractivity contribution in [2.24, 2.45) is 10.9 Å². The summed E-state index contributed by atoms with van der Waals surface area (Å²) < 4.78 is 0. The number of aliphatic hydroxyl groups excluding tert-OH is 1. The lowest BCUT2D eigenvalue weighted by Gasteiger charge is -2.28. The van der Waals surface area contributed by atoms with Crippen LogP contribution in [-0.4, -0.2) is 40.8 Å². The third kappa shape index (κ3) is 2.70. The summed E-state index contributed by atoms with van der Waals surface area (Å²) in [6, 6.07) is 1.78. The van der Waals surface area contributed by atoms with Crippen molar-refractivity contribution < 1.29 is 10.3 Å². The Bertz CT molecular complexity index is 460. The summed E-state index contributed by atoms with van der Waals surface area (Å²) in [5, 5.41) is 21.1. The Morgan fingerprint density at radius 3 is 2.67 bits per heavy atom. The predicted octanol–water partition coefficient (Wildman–Crippen LogP) is 0.610. The number of aryl methyl sites for hydroxylation is 2. The van der Waals surface area contributed by atoms with Crippen molar-refractivity contribution in [2.75, 3.05) is 18.6 Å². The Morgan fingerprint density at radius 1 is 1.56 bits per heavy atom. The number of aromatic nitrogens is 1. The highest BCUT2D eigenvalue weighted by molar-refractivity contribution is 6.03. The minimum Gasteiger partial charge on any atom is -0.409 e. The summed E-state index contributed by atoms with van der Waals surface area (Å²) in [7, 11) is 1.85. The summed E-state index contributed by atoms with van der Waals surface area (Å²) >= 11 is 0. The first kappa shape index (κ1) is 14.2. The Labute approximate surface area is 107 Å². The molecule has 4 N–H and O–H groups in total. The molecule has 6 heteroatoms. The SMILES string of the molecule is Cc1cc(N(C)C(C)CO)c(/C(N)=N/O)c(C)n1. The van der Waals surface area contributed by atoms with Crippen molar-refractivity contribution in [3.8, 4) is 0 Å². The van der Waals surface area contributed by atoms with Gasteiger partial charge >= 0.3 is 0 Å². The maximum Gasteiger partial charge on any atom is 0.174 e. The highest BCUT2D eigenvalue weighted by atomic mass is 16.4. The molecular formula is C12H20N4O2. The normalized spacial score (nSPS) is 13.5. The smallest absolute Gasteiger partial charge is 0.174 e. The van der Waals surface area contributed by atoms with Crippen LogP contribution in [0.15, 0.2) is 11.2 Å². The van der Waals surface area contributed by atoms with E-state index in [1.165, 1.54) is 0 Å². The molecule has 0 saturated carbocycles. The van der Waals surface area contributed by atoms with Crippen LogP contribution in [0, 0.1) is 13.8 Å². The molecule has 0 spiro atoms. The quantitative estimate of drug-likeness (QED) is 0.316. The van der Waals surface area contributed by atoms with Crippen LogP contribution in [0.2, 0.25) is 0 Å². The van der Waals surface area contributed by atoms with Crippen molar-refractivity contribution in [3.63, 3.8) is 0 Å². The van der Waals surface area contributed by atoms with Gasteiger partial charge in [-0.05, 0) is 26.8 Å². The summed E-state index contributed by atoms with van der Waals surface area (Å²) in [5.74, 6) is 0.0204. The summed E-state index contributed by atoms with van der Waals surface area (Å²) in [6.07, 6.45) is 0. The monoisotopic (exact) mass is 252 g/mol. The number of hydrogen-bond acceptors (Lipinski definition) is 5. The van der Waals surface area contributed by atoms with Crippen LogP contribution in [-0.2, 0) is 0 Å². The zero-order valence-electron chi connectivity index (χ0n) is 11.2. The summed E-state index contributed by atoms with van der Waals surface area (Å²) in [5.41, 5.74) is 8.61. The van der Waals surface area contributed by atoms with Gasteiger partial charge in [-0.15, -0.1) is 0 Å². The van der Waals surface area contributed by atoms with Gasteiger partial charge in [0.05, 0.1) is 23.6 Å². The maximum absolute atomic E-state index is 9.22. The van der Waals surface area contributed by atoms with Gasteiger partial charge in [-0.1, -0.05) is 5.16 Å². The topological polar surface area (TPSA) is 95.0 Å². The molecule has 1 aromatic rings. The Balaban J connectivity index is 3.41. The summed E-state index contributed by atoms with van der Waals surface area (Å²) in [6.45, 7) is 5.60. The third-order valence-electron chi connectivity index (χ3n) is 2.98. The second-order valence-electron chi connectivity index (χ2n) is 4.37. The third-order valence-corrected chi connectivity index (χ3v) is 2.98. The predicted molar refractivity (Wildman–Crippen MR) is 71.2 cm³/mol. The number of anilines is 1. The molecule has 0 radical (unpaired) electrons. The fraction of sp³-hybridized carbons (Fsp3) is 0.500.